The maximum atomic E-state index is 13.3. The lowest BCUT2D eigenvalue weighted by atomic mass is 10.00. The Bertz CT molecular complexity index is 864. The van der Waals surface area contributed by atoms with Gasteiger partial charge < -0.3 is 30.1 Å². The highest BCUT2D eigenvalue weighted by molar-refractivity contribution is 5.97. The molecular formula is C23H34N4O5. The molecule has 3 N–H and O–H groups in total. The predicted octanol–water partition coefficient (Wildman–Crippen LogP) is 1.09. The average molecular weight is 447 g/mol. The minimum absolute atomic E-state index is 0.126. The SMILES string of the molecule is CCCNC(=O)N(C)C[C@@H]1Oc2ncc(C#C[C@@H](C)O)cc2C(=O)N([C@@H](C)CO)C[C@H]1C. The van der Waals surface area contributed by atoms with Crippen LogP contribution >= 0.6 is 0 Å². The van der Waals surface area contributed by atoms with E-state index in [9.17, 15) is 19.8 Å². The number of carbonyl (C=O) groups excluding carboxylic acids is 2. The van der Waals surface area contributed by atoms with Crippen LogP contribution in [-0.2, 0) is 0 Å². The van der Waals surface area contributed by atoms with Gasteiger partial charge in [-0.05, 0) is 26.3 Å². The van der Waals surface area contributed by atoms with E-state index in [4.69, 9.17) is 4.74 Å². The molecule has 0 unspecified atom stereocenters. The second kappa shape index (κ2) is 11.7. The fourth-order valence-corrected chi connectivity index (χ4v) is 3.30. The van der Waals surface area contributed by atoms with Crippen LogP contribution in [0.4, 0.5) is 4.79 Å². The molecule has 2 heterocycles. The molecule has 4 atom stereocenters. The molecule has 1 aliphatic rings. The number of rotatable bonds is 6. The summed E-state index contributed by atoms with van der Waals surface area (Å²) in [6.45, 7) is 8.30. The third-order valence-electron chi connectivity index (χ3n) is 5.27. The zero-order chi connectivity index (χ0) is 23.8. The summed E-state index contributed by atoms with van der Waals surface area (Å²) in [4.78, 5) is 33.1. The van der Waals surface area contributed by atoms with E-state index < -0.39 is 18.2 Å². The van der Waals surface area contributed by atoms with Gasteiger partial charge in [-0.1, -0.05) is 25.7 Å². The molecule has 0 saturated carbocycles. The Balaban J connectivity index is 2.40. The van der Waals surface area contributed by atoms with Gasteiger partial charge in [0.25, 0.3) is 5.91 Å². The normalized spacial score (nSPS) is 20.0. The first-order valence-corrected chi connectivity index (χ1v) is 10.9. The third kappa shape index (κ3) is 6.58. The minimum Gasteiger partial charge on any atom is -0.472 e. The van der Waals surface area contributed by atoms with E-state index in [1.165, 1.54) is 6.20 Å². The van der Waals surface area contributed by atoms with E-state index in [1.807, 2.05) is 13.8 Å². The molecule has 176 valence electrons. The Morgan fingerprint density at radius 2 is 2.19 bits per heavy atom. The quantitative estimate of drug-likeness (QED) is 0.564. The van der Waals surface area contributed by atoms with Crippen molar-refractivity contribution in [3.63, 3.8) is 0 Å². The first-order chi connectivity index (χ1) is 15.2. The van der Waals surface area contributed by atoms with Crippen LogP contribution < -0.4 is 10.1 Å². The van der Waals surface area contributed by atoms with Gasteiger partial charge in [0.15, 0.2) is 0 Å². The smallest absolute Gasteiger partial charge is 0.317 e. The average Bonchev–Trinajstić information content (AvgIpc) is 2.77. The van der Waals surface area contributed by atoms with Crippen molar-refractivity contribution in [2.45, 2.75) is 52.4 Å². The van der Waals surface area contributed by atoms with Crippen LogP contribution in [0.3, 0.4) is 0 Å². The highest BCUT2D eigenvalue weighted by atomic mass is 16.5. The largest absolute Gasteiger partial charge is 0.472 e. The van der Waals surface area contributed by atoms with Gasteiger partial charge in [-0.25, -0.2) is 9.78 Å². The molecule has 1 aliphatic heterocycles. The van der Waals surface area contributed by atoms with Gasteiger partial charge in [-0.2, -0.15) is 0 Å². The number of amides is 3. The van der Waals surface area contributed by atoms with E-state index in [-0.39, 0.29) is 35.9 Å². The number of aromatic nitrogens is 1. The van der Waals surface area contributed by atoms with Gasteiger partial charge in [0.05, 0.1) is 19.2 Å². The summed E-state index contributed by atoms with van der Waals surface area (Å²) in [7, 11) is 1.70. The minimum atomic E-state index is -0.811. The number of pyridine rings is 1. The van der Waals surface area contributed by atoms with Gasteiger partial charge in [0, 0.05) is 37.8 Å². The summed E-state index contributed by atoms with van der Waals surface area (Å²) in [5, 5.41) is 22.0. The van der Waals surface area contributed by atoms with Gasteiger partial charge in [0.1, 0.15) is 17.8 Å². The van der Waals surface area contributed by atoms with Crippen molar-refractivity contribution in [3.8, 4) is 17.7 Å². The maximum absolute atomic E-state index is 13.3. The number of aliphatic hydroxyl groups excluding tert-OH is 2. The molecule has 0 fully saturated rings. The highest BCUT2D eigenvalue weighted by Crippen LogP contribution is 2.27. The van der Waals surface area contributed by atoms with Gasteiger partial charge >= 0.3 is 6.03 Å². The van der Waals surface area contributed by atoms with Gasteiger partial charge in [-0.15, -0.1) is 0 Å². The number of aliphatic hydroxyl groups is 2. The van der Waals surface area contributed by atoms with E-state index in [0.717, 1.165) is 6.42 Å². The van der Waals surface area contributed by atoms with Crippen molar-refractivity contribution in [1.82, 2.24) is 20.1 Å². The zero-order valence-electron chi connectivity index (χ0n) is 19.5. The third-order valence-corrected chi connectivity index (χ3v) is 5.27. The maximum Gasteiger partial charge on any atom is 0.317 e. The molecule has 9 nitrogen and oxygen atoms in total. The highest BCUT2D eigenvalue weighted by Gasteiger charge is 2.34. The molecule has 0 saturated heterocycles. The standard InChI is InChI=1S/C23H34N4O5/c1-6-9-24-23(31)26(5)13-20-15(2)12-27(16(3)14-28)22(30)19-10-18(8-7-17(4)29)11-25-21(19)32-20/h10-11,15-17,20,28-29H,6,9,12-14H2,1-5H3,(H,24,31)/t15-,16+,17-,20+/m1/s1. The Morgan fingerprint density at radius 1 is 1.47 bits per heavy atom. The van der Waals surface area contributed by atoms with Crippen molar-refractivity contribution in [1.29, 1.82) is 0 Å². The Kier molecular flexibility index (Phi) is 9.29. The van der Waals surface area contributed by atoms with Crippen molar-refractivity contribution in [2.24, 2.45) is 5.92 Å². The van der Waals surface area contributed by atoms with Crippen molar-refractivity contribution in [2.75, 3.05) is 33.3 Å². The van der Waals surface area contributed by atoms with Crippen LogP contribution in [-0.4, -0.2) is 88.5 Å². The number of nitrogens with zero attached hydrogens (tertiary/aromatic N) is 3. The fraction of sp³-hybridized carbons (Fsp3) is 0.609. The monoisotopic (exact) mass is 446 g/mol. The number of hydrogen-bond acceptors (Lipinski definition) is 6. The molecule has 2 rings (SSSR count). The van der Waals surface area contributed by atoms with E-state index in [0.29, 0.717) is 25.2 Å². The molecule has 3 amide bonds. The van der Waals surface area contributed by atoms with Crippen LogP contribution in [0, 0.1) is 17.8 Å². The van der Waals surface area contributed by atoms with E-state index >= 15 is 0 Å². The summed E-state index contributed by atoms with van der Waals surface area (Å²) < 4.78 is 6.15. The summed E-state index contributed by atoms with van der Waals surface area (Å²) in [5.74, 6) is 5.15. The second-order valence-corrected chi connectivity index (χ2v) is 8.26. The number of hydrogen-bond donors (Lipinski definition) is 3. The Labute approximate surface area is 189 Å². The Hall–Kier alpha value is -2.83. The molecular weight excluding hydrogens is 412 g/mol. The predicted molar refractivity (Wildman–Crippen MR) is 120 cm³/mol. The van der Waals surface area contributed by atoms with Gasteiger partial charge in [-0.3, -0.25) is 4.79 Å². The summed E-state index contributed by atoms with van der Waals surface area (Å²) >= 11 is 0. The lowest BCUT2D eigenvalue weighted by Gasteiger charge is -2.37. The van der Waals surface area contributed by atoms with Crippen LogP contribution in [0.1, 0.15) is 50.0 Å². The zero-order valence-corrected chi connectivity index (χ0v) is 19.5. The number of fused-ring (bicyclic) bond motifs is 1. The number of urea groups is 1. The molecule has 32 heavy (non-hydrogen) atoms. The molecule has 9 heteroatoms. The van der Waals surface area contributed by atoms with Crippen LogP contribution in [0.25, 0.3) is 0 Å². The number of ether oxygens (including phenoxy) is 1. The Morgan fingerprint density at radius 3 is 2.81 bits per heavy atom. The molecule has 0 spiro atoms. The molecule has 1 aromatic rings. The van der Waals surface area contributed by atoms with Crippen molar-refractivity contribution >= 4 is 11.9 Å². The molecule has 0 radical (unpaired) electrons. The number of likely N-dealkylation sites (N-methyl/N-ethyl adjacent to an activating group) is 1. The first-order valence-electron chi connectivity index (χ1n) is 10.9. The van der Waals surface area contributed by atoms with Crippen LogP contribution in [0.2, 0.25) is 0 Å². The topological polar surface area (TPSA) is 115 Å². The molecule has 1 aromatic heterocycles. The second-order valence-electron chi connectivity index (χ2n) is 8.26. The van der Waals surface area contributed by atoms with Crippen LogP contribution in [0.5, 0.6) is 5.88 Å². The molecule has 0 aromatic carbocycles. The molecule has 0 bridgehead atoms. The lowest BCUT2D eigenvalue weighted by Crippen LogP contribution is -2.51. The van der Waals surface area contributed by atoms with E-state index in [1.54, 1.807) is 36.8 Å². The summed E-state index contributed by atoms with van der Waals surface area (Å²) in [5.41, 5.74) is 0.706. The summed E-state index contributed by atoms with van der Waals surface area (Å²) in [6.07, 6.45) is 1.09. The molecule has 0 aliphatic carbocycles. The lowest BCUT2D eigenvalue weighted by molar-refractivity contribution is 0.0352. The summed E-state index contributed by atoms with van der Waals surface area (Å²) in [6, 6.07) is 0.981. The van der Waals surface area contributed by atoms with Crippen LogP contribution in [0.15, 0.2) is 12.3 Å². The number of carbonyl (C=O) groups is 2. The first kappa shape index (κ1) is 25.4. The fourth-order valence-electron chi connectivity index (χ4n) is 3.30. The van der Waals surface area contributed by atoms with E-state index in [2.05, 4.69) is 22.1 Å². The van der Waals surface area contributed by atoms with Crippen molar-refractivity contribution in [3.05, 3.63) is 23.4 Å². The van der Waals surface area contributed by atoms with Crippen molar-refractivity contribution < 1.29 is 24.5 Å². The van der Waals surface area contributed by atoms with Gasteiger partial charge in [0.2, 0.25) is 5.88 Å². The number of nitrogens with one attached hydrogen (secondary N) is 1.